The average molecular weight is 402 g/mol. The minimum absolute atomic E-state index is 0.210. The van der Waals surface area contributed by atoms with Crippen molar-refractivity contribution in [3.05, 3.63) is 36.4 Å². The Morgan fingerprint density at radius 3 is 2.39 bits per heavy atom. The summed E-state index contributed by atoms with van der Waals surface area (Å²) in [5.74, 6) is -0.723. The highest BCUT2D eigenvalue weighted by Crippen LogP contribution is 2.43. The number of carbonyl (C=O) groups excluding carboxylic acids is 2. The van der Waals surface area contributed by atoms with Crippen molar-refractivity contribution in [3.8, 4) is 0 Å². The van der Waals surface area contributed by atoms with Gasteiger partial charge < -0.3 is 9.64 Å². The van der Waals surface area contributed by atoms with Crippen LogP contribution in [-0.2, 0) is 24.3 Å². The van der Waals surface area contributed by atoms with Gasteiger partial charge in [-0.1, -0.05) is 24.3 Å². The number of ether oxygens (including phenoxy) is 1. The Kier molecular flexibility index (Phi) is 4.53. The van der Waals surface area contributed by atoms with Gasteiger partial charge in [0, 0.05) is 18.5 Å². The highest BCUT2D eigenvalue weighted by Gasteiger charge is 2.42. The van der Waals surface area contributed by atoms with E-state index in [1.54, 1.807) is 36.1 Å². The van der Waals surface area contributed by atoms with Crippen LogP contribution >= 0.6 is 0 Å². The molecule has 2 aliphatic heterocycles. The number of hydrogen-bond donors (Lipinski definition) is 0. The number of esters is 1. The fourth-order valence-corrected chi connectivity index (χ4v) is 6.07. The molecular weight excluding hydrogens is 380 g/mol. The number of piperidine rings is 1. The van der Waals surface area contributed by atoms with Gasteiger partial charge in [0.1, 0.15) is 6.04 Å². The fraction of sp³-hybridized carbons (Fsp3) is 0.400. The van der Waals surface area contributed by atoms with E-state index in [0.29, 0.717) is 37.0 Å². The summed E-state index contributed by atoms with van der Waals surface area (Å²) in [6.45, 7) is 2.44. The molecule has 0 radical (unpaired) electrons. The number of carbonyl (C=O) groups is 2. The molecule has 0 aliphatic carbocycles. The first-order valence-corrected chi connectivity index (χ1v) is 10.7. The topological polar surface area (TPSA) is 84.0 Å². The van der Waals surface area contributed by atoms with Crippen molar-refractivity contribution in [1.29, 1.82) is 0 Å². The fourth-order valence-electron chi connectivity index (χ4n) is 4.20. The highest BCUT2D eigenvalue weighted by atomic mass is 32.2. The Morgan fingerprint density at radius 2 is 1.75 bits per heavy atom. The van der Waals surface area contributed by atoms with Crippen LogP contribution in [0.1, 0.15) is 19.8 Å². The summed E-state index contributed by atoms with van der Waals surface area (Å²) in [7, 11) is -2.44. The summed E-state index contributed by atoms with van der Waals surface area (Å²) >= 11 is 0. The van der Waals surface area contributed by atoms with Gasteiger partial charge in [0.25, 0.3) is 10.0 Å². The number of benzene rings is 2. The van der Waals surface area contributed by atoms with Gasteiger partial charge in [-0.25, -0.2) is 8.42 Å². The molecule has 0 spiro atoms. The molecule has 0 bridgehead atoms. The summed E-state index contributed by atoms with van der Waals surface area (Å²) in [5.41, 5.74) is 0.540. The maximum atomic E-state index is 13.2. The molecule has 148 valence electrons. The van der Waals surface area contributed by atoms with E-state index in [1.165, 1.54) is 11.4 Å². The number of rotatable bonds is 3. The average Bonchev–Trinajstić information content (AvgIpc) is 2.95. The maximum Gasteiger partial charge on any atom is 0.308 e. The number of hydrogen-bond acceptors (Lipinski definition) is 5. The minimum Gasteiger partial charge on any atom is -0.469 e. The second kappa shape index (κ2) is 6.77. The van der Waals surface area contributed by atoms with E-state index in [1.807, 2.05) is 12.1 Å². The third kappa shape index (κ3) is 2.74. The highest BCUT2D eigenvalue weighted by molar-refractivity contribution is 7.93. The molecule has 0 saturated carbocycles. The molecular formula is C20H22N2O5S. The number of nitrogens with zero attached hydrogens (tertiary/aromatic N) is 2. The van der Waals surface area contributed by atoms with Crippen LogP contribution in [0.2, 0.25) is 0 Å². The van der Waals surface area contributed by atoms with Crippen molar-refractivity contribution >= 4 is 38.4 Å². The van der Waals surface area contributed by atoms with Crippen LogP contribution in [0.15, 0.2) is 41.3 Å². The molecule has 2 aromatic rings. The Hall–Kier alpha value is -2.61. The van der Waals surface area contributed by atoms with Crippen molar-refractivity contribution in [2.75, 3.05) is 24.5 Å². The number of anilines is 1. The number of amides is 1. The van der Waals surface area contributed by atoms with Gasteiger partial charge >= 0.3 is 5.97 Å². The predicted octanol–water partition coefficient (Wildman–Crippen LogP) is 2.15. The molecule has 2 heterocycles. The molecule has 2 aromatic carbocycles. The van der Waals surface area contributed by atoms with Crippen molar-refractivity contribution in [1.82, 2.24) is 4.90 Å². The molecule has 7 nitrogen and oxygen atoms in total. The number of sulfonamides is 1. The molecule has 1 atom stereocenters. The van der Waals surface area contributed by atoms with E-state index in [2.05, 4.69) is 0 Å². The van der Waals surface area contributed by atoms with Crippen LogP contribution in [0.4, 0.5) is 5.69 Å². The van der Waals surface area contributed by atoms with Gasteiger partial charge in [-0.15, -0.1) is 0 Å². The predicted molar refractivity (Wildman–Crippen MR) is 104 cm³/mol. The zero-order valence-corrected chi connectivity index (χ0v) is 16.6. The molecule has 8 heteroatoms. The minimum atomic E-state index is -3.80. The number of likely N-dealkylation sites (tertiary alicyclic amines) is 1. The maximum absolute atomic E-state index is 13.2. The van der Waals surface area contributed by atoms with Gasteiger partial charge in [0.2, 0.25) is 5.91 Å². The van der Waals surface area contributed by atoms with Gasteiger partial charge in [-0.05, 0) is 37.3 Å². The Labute approximate surface area is 163 Å². The van der Waals surface area contributed by atoms with E-state index in [0.717, 1.165) is 5.39 Å². The largest absolute Gasteiger partial charge is 0.469 e. The third-order valence-corrected chi connectivity index (χ3v) is 7.60. The van der Waals surface area contributed by atoms with Crippen LogP contribution in [0, 0.1) is 5.92 Å². The molecule has 1 fully saturated rings. The van der Waals surface area contributed by atoms with Crippen LogP contribution in [0.3, 0.4) is 0 Å². The van der Waals surface area contributed by atoms with Gasteiger partial charge in [-0.2, -0.15) is 0 Å². The second-order valence-corrected chi connectivity index (χ2v) is 9.01. The van der Waals surface area contributed by atoms with Crippen molar-refractivity contribution in [3.63, 3.8) is 0 Å². The Morgan fingerprint density at radius 1 is 1.11 bits per heavy atom. The molecule has 0 N–H and O–H groups in total. The summed E-state index contributed by atoms with van der Waals surface area (Å²) < 4.78 is 32.4. The van der Waals surface area contributed by atoms with Crippen LogP contribution in [0.25, 0.3) is 10.8 Å². The first-order chi connectivity index (χ1) is 13.4. The lowest BCUT2D eigenvalue weighted by atomic mass is 9.96. The smallest absolute Gasteiger partial charge is 0.308 e. The molecule has 0 aromatic heterocycles. The van der Waals surface area contributed by atoms with Gasteiger partial charge in [-0.3, -0.25) is 13.9 Å². The van der Waals surface area contributed by atoms with Crippen molar-refractivity contribution in [2.24, 2.45) is 5.92 Å². The van der Waals surface area contributed by atoms with E-state index in [-0.39, 0.29) is 22.7 Å². The summed E-state index contributed by atoms with van der Waals surface area (Å²) in [5, 5.41) is 1.49. The van der Waals surface area contributed by atoms with E-state index >= 15 is 0 Å². The van der Waals surface area contributed by atoms with E-state index in [4.69, 9.17) is 4.74 Å². The molecule has 28 heavy (non-hydrogen) atoms. The monoisotopic (exact) mass is 402 g/mol. The molecule has 4 rings (SSSR count). The molecule has 1 amide bonds. The van der Waals surface area contributed by atoms with Gasteiger partial charge in [0.05, 0.1) is 23.6 Å². The van der Waals surface area contributed by atoms with Crippen LogP contribution in [0.5, 0.6) is 0 Å². The lowest BCUT2D eigenvalue weighted by Crippen LogP contribution is -2.51. The SMILES string of the molecule is COC(=O)C1CCN(C(=O)C(C)N2c3cccc4cccc(c34)S2(=O)=O)CC1. The number of methoxy groups -OCH3 is 1. The first-order valence-electron chi connectivity index (χ1n) is 9.29. The molecule has 2 aliphatic rings. The standard InChI is InChI=1S/C20H22N2O5S/c1-13(19(23)21-11-9-15(10-12-21)20(24)27-2)22-16-7-3-5-14-6-4-8-17(18(14)16)28(22,25)26/h3-8,13,15H,9-12H2,1-2H3. The van der Waals surface area contributed by atoms with E-state index < -0.39 is 16.1 Å². The summed E-state index contributed by atoms with van der Waals surface area (Å²) in [4.78, 5) is 26.7. The normalized spacial score (nSPS) is 19.6. The quantitative estimate of drug-likeness (QED) is 0.735. The van der Waals surface area contributed by atoms with Crippen LogP contribution in [-0.4, -0.2) is 51.4 Å². The summed E-state index contributed by atoms with van der Waals surface area (Å²) in [6, 6.07) is 9.71. The molecule has 1 unspecified atom stereocenters. The third-order valence-electron chi connectivity index (χ3n) is 5.67. The molecule has 1 saturated heterocycles. The van der Waals surface area contributed by atoms with Gasteiger partial charge in [0.15, 0.2) is 0 Å². The Bertz CT molecular complexity index is 1050. The zero-order chi connectivity index (χ0) is 20.1. The van der Waals surface area contributed by atoms with Crippen LogP contribution < -0.4 is 4.31 Å². The van der Waals surface area contributed by atoms with Crippen molar-refractivity contribution < 1.29 is 22.7 Å². The van der Waals surface area contributed by atoms with E-state index in [9.17, 15) is 18.0 Å². The lowest BCUT2D eigenvalue weighted by Gasteiger charge is -2.35. The first kappa shape index (κ1) is 18.7. The zero-order valence-electron chi connectivity index (χ0n) is 15.8. The second-order valence-electron chi connectivity index (χ2n) is 7.23. The Balaban J connectivity index is 1.61. The summed E-state index contributed by atoms with van der Waals surface area (Å²) in [6.07, 6.45) is 1.04. The van der Waals surface area contributed by atoms with Crippen molar-refractivity contribution in [2.45, 2.75) is 30.7 Å². The lowest BCUT2D eigenvalue weighted by molar-refractivity contribution is -0.149.